The number of halogens is 1. The van der Waals surface area contributed by atoms with E-state index in [0.29, 0.717) is 46.0 Å². The number of rotatable bonds is 5. The van der Waals surface area contributed by atoms with Gasteiger partial charge in [0.15, 0.2) is 17.3 Å². The summed E-state index contributed by atoms with van der Waals surface area (Å²) in [7, 11) is 3.07. The van der Waals surface area contributed by atoms with Gasteiger partial charge in [0.05, 0.1) is 20.1 Å². The summed E-state index contributed by atoms with van der Waals surface area (Å²) in [5.41, 5.74) is 3.42. The molecule has 0 bridgehead atoms. The van der Waals surface area contributed by atoms with Crippen molar-refractivity contribution >= 4 is 17.4 Å². The van der Waals surface area contributed by atoms with Crippen LogP contribution in [0.3, 0.4) is 0 Å². The molecular weight excluding hydrogens is 411 g/mol. The highest BCUT2D eigenvalue weighted by Gasteiger charge is 2.40. The predicted octanol–water partition coefficient (Wildman–Crippen LogP) is 4.45. The third kappa shape index (κ3) is 3.86. The first kappa shape index (κ1) is 21.6. The molecule has 0 spiro atoms. The van der Waals surface area contributed by atoms with Gasteiger partial charge in [-0.3, -0.25) is 9.59 Å². The fourth-order valence-corrected chi connectivity index (χ4v) is 4.50. The molecule has 1 heterocycles. The number of allylic oxidation sites excluding steroid dienone is 3. The van der Waals surface area contributed by atoms with Gasteiger partial charge in [-0.1, -0.05) is 18.2 Å². The highest BCUT2D eigenvalue weighted by atomic mass is 19.1. The molecule has 0 fully saturated rings. The Balaban J connectivity index is 1.86. The van der Waals surface area contributed by atoms with Crippen molar-refractivity contribution in [3.63, 3.8) is 0 Å². The molecule has 6 nitrogen and oxygen atoms in total. The van der Waals surface area contributed by atoms with E-state index in [1.807, 2.05) is 19.1 Å². The van der Waals surface area contributed by atoms with Gasteiger partial charge < -0.3 is 20.1 Å². The first-order valence-electron chi connectivity index (χ1n) is 10.5. The maximum absolute atomic E-state index is 13.7. The van der Waals surface area contributed by atoms with Gasteiger partial charge >= 0.3 is 0 Å². The van der Waals surface area contributed by atoms with Crippen LogP contribution >= 0.6 is 0 Å². The maximum atomic E-state index is 13.7. The fourth-order valence-electron chi connectivity index (χ4n) is 4.50. The van der Waals surface area contributed by atoms with Crippen molar-refractivity contribution in [3.05, 3.63) is 76.4 Å². The van der Waals surface area contributed by atoms with Crippen molar-refractivity contribution in [2.45, 2.75) is 32.1 Å². The predicted molar refractivity (Wildman–Crippen MR) is 119 cm³/mol. The van der Waals surface area contributed by atoms with Gasteiger partial charge in [-0.15, -0.1) is 0 Å². The number of carbonyl (C=O) groups excluding carboxylic acids is 2. The number of anilines is 1. The van der Waals surface area contributed by atoms with Gasteiger partial charge in [0, 0.05) is 40.2 Å². The van der Waals surface area contributed by atoms with Crippen LogP contribution in [0.2, 0.25) is 0 Å². The molecule has 2 aliphatic rings. The smallest absolute Gasteiger partial charge is 0.254 e. The summed E-state index contributed by atoms with van der Waals surface area (Å²) in [4.78, 5) is 26.5. The summed E-state index contributed by atoms with van der Waals surface area (Å²) in [6, 6.07) is 11.1. The zero-order valence-corrected chi connectivity index (χ0v) is 18.3. The summed E-state index contributed by atoms with van der Waals surface area (Å²) in [6.07, 6.45) is 1.89. The number of hydrogen-bond acceptors (Lipinski definition) is 5. The number of carbonyl (C=O) groups is 2. The summed E-state index contributed by atoms with van der Waals surface area (Å²) in [5.74, 6) is -0.531. The molecule has 166 valence electrons. The average Bonchev–Trinajstić information content (AvgIpc) is 2.77. The molecule has 1 atom stereocenters. The highest BCUT2D eigenvalue weighted by molar-refractivity contribution is 6.10. The third-order valence-electron chi connectivity index (χ3n) is 5.85. The topological polar surface area (TPSA) is 76.7 Å². The molecule has 2 aromatic carbocycles. The number of Topliss-reactive ketones (excluding diaryl/α,β-unsaturated/α-hetero) is 1. The van der Waals surface area contributed by atoms with E-state index in [4.69, 9.17) is 9.47 Å². The summed E-state index contributed by atoms with van der Waals surface area (Å²) < 4.78 is 24.8. The van der Waals surface area contributed by atoms with E-state index in [9.17, 15) is 14.0 Å². The number of ether oxygens (including phenoxy) is 2. The maximum Gasteiger partial charge on any atom is 0.254 e. The Bertz CT molecular complexity index is 1150. The van der Waals surface area contributed by atoms with E-state index < -0.39 is 17.6 Å². The quantitative estimate of drug-likeness (QED) is 0.724. The van der Waals surface area contributed by atoms with Crippen molar-refractivity contribution in [3.8, 4) is 11.5 Å². The zero-order valence-electron chi connectivity index (χ0n) is 18.3. The van der Waals surface area contributed by atoms with Crippen molar-refractivity contribution in [1.29, 1.82) is 0 Å². The molecule has 0 unspecified atom stereocenters. The van der Waals surface area contributed by atoms with E-state index in [1.54, 1.807) is 19.2 Å². The van der Waals surface area contributed by atoms with Crippen molar-refractivity contribution < 1.29 is 23.5 Å². The minimum Gasteiger partial charge on any atom is -0.493 e. The second kappa shape index (κ2) is 8.86. The van der Waals surface area contributed by atoms with Crippen molar-refractivity contribution in [2.24, 2.45) is 0 Å². The van der Waals surface area contributed by atoms with E-state index in [0.717, 1.165) is 18.5 Å². The standard InChI is InChI=1S/C25H25FN2O4/c1-14-21(25(30)28-16-8-4-7-15(26)13-16)22(23-18(27-14)10-6-11-19(23)29)17-9-5-12-20(31-2)24(17)32-3/h4-5,7-9,12-13,22,27H,6,10-11H2,1-3H3,(H,28,30)/t22-/m0/s1. The summed E-state index contributed by atoms with van der Waals surface area (Å²) >= 11 is 0. The molecule has 1 aliphatic heterocycles. The van der Waals surface area contributed by atoms with Crippen LogP contribution in [0.25, 0.3) is 0 Å². The van der Waals surface area contributed by atoms with Gasteiger partial charge in [-0.25, -0.2) is 4.39 Å². The lowest BCUT2D eigenvalue weighted by Crippen LogP contribution is -2.35. The lowest BCUT2D eigenvalue weighted by molar-refractivity contribution is -0.116. The van der Waals surface area contributed by atoms with Crippen molar-refractivity contribution in [2.75, 3.05) is 19.5 Å². The Labute approximate surface area is 186 Å². The average molecular weight is 436 g/mol. The number of hydrogen-bond donors (Lipinski definition) is 2. The summed E-state index contributed by atoms with van der Waals surface area (Å²) in [5, 5.41) is 6.05. The molecular formula is C25H25FN2O4. The van der Waals surface area contributed by atoms with Gasteiger partial charge in [0.25, 0.3) is 5.91 Å². The third-order valence-corrected chi connectivity index (χ3v) is 5.85. The Hall–Kier alpha value is -3.61. The highest BCUT2D eigenvalue weighted by Crippen LogP contribution is 2.47. The van der Waals surface area contributed by atoms with E-state index in [-0.39, 0.29) is 5.78 Å². The normalized spacial score (nSPS) is 18.1. The van der Waals surface area contributed by atoms with Crippen LogP contribution in [0.1, 0.15) is 37.7 Å². The van der Waals surface area contributed by atoms with E-state index in [2.05, 4.69) is 10.6 Å². The Morgan fingerprint density at radius 2 is 1.91 bits per heavy atom. The van der Waals surface area contributed by atoms with Gasteiger partial charge in [-0.05, 0) is 44.0 Å². The number of benzene rings is 2. The molecule has 1 amide bonds. The number of nitrogens with one attached hydrogen (secondary N) is 2. The van der Waals surface area contributed by atoms with E-state index in [1.165, 1.54) is 25.3 Å². The Kier molecular flexibility index (Phi) is 5.99. The van der Waals surface area contributed by atoms with Crippen LogP contribution < -0.4 is 20.1 Å². The first-order chi connectivity index (χ1) is 15.4. The number of methoxy groups -OCH3 is 2. The Morgan fingerprint density at radius 1 is 1.12 bits per heavy atom. The molecule has 7 heteroatoms. The first-order valence-corrected chi connectivity index (χ1v) is 10.5. The van der Waals surface area contributed by atoms with Crippen LogP contribution in [0.15, 0.2) is 65.0 Å². The lowest BCUT2D eigenvalue weighted by atomic mass is 9.74. The summed E-state index contributed by atoms with van der Waals surface area (Å²) in [6.45, 7) is 1.81. The number of ketones is 1. The number of dihydropyridines is 1. The largest absolute Gasteiger partial charge is 0.493 e. The monoisotopic (exact) mass is 436 g/mol. The molecule has 1 aliphatic carbocycles. The molecule has 0 aromatic heterocycles. The molecule has 4 rings (SSSR count). The minimum atomic E-state index is -0.641. The van der Waals surface area contributed by atoms with Crippen molar-refractivity contribution in [1.82, 2.24) is 5.32 Å². The molecule has 0 radical (unpaired) electrons. The van der Waals surface area contributed by atoms with Crippen LogP contribution in [0, 0.1) is 5.82 Å². The van der Waals surface area contributed by atoms with Gasteiger partial charge in [0.1, 0.15) is 5.82 Å². The second-order valence-electron chi connectivity index (χ2n) is 7.81. The zero-order chi connectivity index (χ0) is 22.8. The molecule has 2 aromatic rings. The molecule has 32 heavy (non-hydrogen) atoms. The number of para-hydroxylation sites is 1. The fraction of sp³-hybridized carbons (Fsp3) is 0.280. The number of amides is 1. The van der Waals surface area contributed by atoms with Crippen LogP contribution in [0.4, 0.5) is 10.1 Å². The van der Waals surface area contributed by atoms with E-state index >= 15 is 0 Å². The van der Waals surface area contributed by atoms with Crippen LogP contribution in [-0.4, -0.2) is 25.9 Å². The van der Waals surface area contributed by atoms with Gasteiger partial charge in [-0.2, -0.15) is 0 Å². The molecule has 0 saturated heterocycles. The van der Waals surface area contributed by atoms with Crippen LogP contribution in [0.5, 0.6) is 11.5 Å². The van der Waals surface area contributed by atoms with Gasteiger partial charge in [0.2, 0.25) is 0 Å². The SMILES string of the molecule is COc1cccc([C@H]2C(C(=O)Nc3cccc(F)c3)=C(C)NC3=C2C(=O)CCC3)c1OC. The molecule has 0 saturated carbocycles. The minimum absolute atomic E-state index is 0.00261. The molecule has 2 N–H and O–H groups in total. The Morgan fingerprint density at radius 3 is 2.62 bits per heavy atom. The van der Waals surface area contributed by atoms with Crippen LogP contribution in [-0.2, 0) is 9.59 Å². The second-order valence-corrected chi connectivity index (χ2v) is 7.81. The lowest BCUT2D eigenvalue weighted by Gasteiger charge is -2.35.